The molecule has 0 bridgehead atoms. The molecule has 1 aromatic carbocycles. The van der Waals surface area contributed by atoms with Crippen LogP contribution < -0.4 is 5.11 Å². The van der Waals surface area contributed by atoms with Crippen molar-refractivity contribution < 1.29 is 14.7 Å². The molecule has 1 aromatic heterocycles. The highest BCUT2D eigenvalue weighted by Crippen LogP contribution is 2.22. The SMILES string of the molecule is CCc1ccc(C(=O)c2ccccc2C(=O)[O-])s1. The summed E-state index contributed by atoms with van der Waals surface area (Å²) in [5.74, 6) is -1.59. The predicted octanol–water partition coefficient (Wildman–Crippen LogP) is 1.90. The van der Waals surface area contributed by atoms with Gasteiger partial charge in [-0.1, -0.05) is 31.2 Å². The largest absolute Gasteiger partial charge is 0.545 e. The van der Waals surface area contributed by atoms with E-state index in [1.165, 1.54) is 23.5 Å². The fourth-order valence-corrected chi connectivity index (χ4v) is 2.58. The van der Waals surface area contributed by atoms with Crippen LogP contribution in [-0.2, 0) is 6.42 Å². The zero-order valence-electron chi connectivity index (χ0n) is 9.80. The van der Waals surface area contributed by atoms with Crippen molar-refractivity contribution in [1.82, 2.24) is 0 Å². The van der Waals surface area contributed by atoms with Gasteiger partial charge < -0.3 is 9.90 Å². The predicted molar refractivity (Wildman–Crippen MR) is 67.9 cm³/mol. The van der Waals surface area contributed by atoms with Crippen LogP contribution >= 0.6 is 11.3 Å². The van der Waals surface area contributed by atoms with Crippen molar-refractivity contribution in [3.05, 3.63) is 57.3 Å². The molecule has 0 atom stereocenters. The monoisotopic (exact) mass is 259 g/mol. The summed E-state index contributed by atoms with van der Waals surface area (Å²) in [7, 11) is 0. The number of aryl methyl sites for hydroxylation is 1. The summed E-state index contributed by atoms with van der Waals surface area (Å²) in [4.78, 5) is 24.8. The van der Waals surface area contributed by atoms with E-state index in [-0.39, 0.29) is 16.9 Å². The Morgan fingerprint density at radius 1 is 1.11 bits per heavy atom. The van der Waals surface area contributed by atoms with Crippen LogP contribution in [0, 0.1) is 0 Å². The lowest BCUT2D eigenvalue weighted by Gasteiger charge is -2.07. The number of carboxylic acids is 1. The Balaban J connectivity index is 2.42. The lowest BCUT2D eigenvalue weighted by atomic mass is 10.0. The third-order valence-corrected chi connectivity index (χ3v) is 3.85. The van der Waals surface area contributed by atoms with Crippen molar-refractivity contribution in [1.29, 1.82) is 0 Å². The van der Waals surface area contributed by atoms with E-state index in [1.807, 2.05) is 13.0 Å². The summed E-state index contributed by atoms with van der Waals surface area (Å²) in [6.07, 6.45) is 0.861. The molecule has 2 rings (SSSR count). The van der Waals surface area contributed by atoms with Crippen LogP contribution in [0.25, 0.3) is 0 Å². The molecule has 0 aliphatic rings. The van der Waals surface area contributed by atoms with Crippen molar-refractivity contribution >= 4 is 23.1 Å². The minimum absolute atomic E-state index is 0.0612. The molecule has 0 unspecified atom stereocenters. The number of ketones is 1. The number of benzene rings is 1. The van der Waals surface area contributed by atoms with Crippen LogP contribution in [0.15, 0.2) is 36.4 Å². The first kappa shape index (κ1) is 12.5. The summed E-state index contributed by atoms with van der Waals surface area (Å²) < 4.78 is 0. The van der Waals surface area contributed by atoms with E-state index in [9.17, 15) is 14.7 Å². The molecule has 4 heteroatoms. The Morgan fingerprint density at radius 2 is 1.78 bits per heavy atom. The minimum Gasteiger partial charge on any atom is -0.545 e. The van der Waals surface area contributed by atoms with Gasteiger partial charge in [0.25, 0.3) is 0 Å². The zero-order chi connectivity index (χ0) is 13.1. The van der Waals surface area contributed by atoms with E-state index in [4.69, 9.17) is 0 Å². The number of aromatic carboxylic acids is 1. The van der Waals surface area contributed by atoms with Gasteiger partial charge in [0.05, 0.1) is 10.8 Å². The van der Waals surface area contributed by atoms with Crippen molar-refractivity contribution in [2.45, 2.75) is 13.3 Å². The summed E-state index contributed by atoms with van der Waals surface area (Å²) in [6.45, 7) is 2.01. The number of thiophene rings is 1. The van der Waals surface area contributed by atoms with Crippen molar-refractivity contribution in [3.63, 3.8) is 0 Å². The Bertz CT molecular complexity index is 599. The first-order valence-electron chi connectivity index (χ1n) is 5.57. The van der Waals surface area contributed by atoms with Crippen LogP contribution in [0.4, 0.5) is 0 Å². The smallest absolute Gasteiger partial charge is 0.203 e. The lowest BCUT2D eigenvalue weighted by Crippen LogP contribution is -2.24. The molecule has 0 amide bonds. The van der Waals surface area contributed by atoms with Gasteiger partial charge in [-0.3, -0.25) is 4.79 Å². The standard InChI is InChI=1S/C14H12O3S/c1-2-9-7-8-12(18-9)13(15)10-5-3-4-6-11(10)14(16)17/h3-8H,2H2,1H3,(H,16,17)/p-1. The van der Waals surface area contributed by atoms with Crippen molar-refractivity contribution in [2.75, 3.05) is 0 Å². The minimum atomic E-state index is -1.33. The second-order valence-electron chi connectivity index (χ2n) is 3.78. The van der Waals surface area contributed by atoms with Crippen LogP contribution in [0.5, 0.6) is 0 Å². The fraction of sp³-hybridized carbons (Fsp3) is 0.143. The number of hydrogen-bond donors (Lipinski definition) is 0. The molecule has 0 aliphatic carbocycles. The Hall–Kier alpha value is -1.94. The second-order valence-corrected chi connectivity index (χ2v) is 4.95. The van der Waals surface area contributed by atoms with Gasteiger partial charge in [-0.2, -0.15) is 0 Å². The molecule has 3 nitrogen and oxygen atoms in total. The summed E-state index contributed by atoms with van der Waals surface area (Å²) in [5, 5.41) is 11.0. The van der Waals surface area contributed by atoms with E-state index in [1.54, 1.807) is 18.2 Å². The summed E-state index contributed by atoms with van der Waals surface area (Å²) >= 11 is 1.39. The molecule has 0 spiro atoms. The van der Waals surface area contributed by atoms with Gasteiger partial charge in [-0.25, -0.2) is 0 Å². The van der Waals surface area contributed by atoms with Gasteiger partial charge in [0, 0.05) is 16.0 Å². The molecule has 18 heavy (non-hydrogen) atoms. The van der Waals surface area contributed by atoms with Crippen LogP contribution in [0.2, 0.25) is 0 Å². The third-order valence-electron chi connectivity index (χ3n) is 2.63. The van der Waals surface area contributed by atoms with Gasteiger partial charge in [0.2, 0.25) is 5.78 Å². The van der Waals surface area contributed by atoms with Gasteiger partial charge in [-0.15, -0.1) is 11.3 Å². The van der Waals surface area contributed by atoms with Gasteiger partial charge in [-0.05, 0) is 18.6 Å². The fourth-order valence-electron chi connectivity index (χ4n) is 1.68. The molecule has 0 radical (unpaired) electrons. The molecular formula is C14H11O3S-. The summed E-state index contributed by atoms with van der Waals surface area (Å²) in [5.41, 5.74) is 0.121. The molecule has 92 valence electrons. The normalized spacial score (nSPS) is 10.3. The highest BCUT2D eigenvalue weighted by Gasteiger charge is 2.15. The first-order valence-corrected chi connectivity index (χ1v) is 6.39. The van der Waals surface area contributed by atoms with Crippen molar-refractivity contribution in [2.24, 2.45) is 0 Å². The van der Waals surface area contributed by atoms with E-state index in [0.717, 1.165) is 11.3 Å². The highest BCUT2D eigenvalue weighted by atomic mass is 32.1. The second kappa shape index (κ2) is 5.14. The average molecular weight is 259 g/mol. The maximum atomic E-state index is 12.2. The average Bonchev–Trinajstić information content (AvgIpc) is 2.86. The third kappa shape index (κ3) is 2.33. The first-order chi connectivity index (χ1) is 8.63. The van der Waals surface area contributed by atoms with E-state index in [2.05, 4.69) is 0 Å². The molecule has 2 aromatic rings. The maximum Gasteiger partial charge on any atom is 0.203 e. The van der Waals surface area contributed by atoms with E-state index >= 15 is 0 Å². The Kier molecular flexibility index (Phi) is 3.58. The van der Waals surface area contributed by atoms with Gasteiger partial charge in [0.1, 0.15) is 0 Å². The maximum absolute atomic E-state index is 12.2. The number of carboxylic acid groups (broad SMARTS) is 1. The Labute approximate surface area is 109 Å². The zero-order valence-corrected chi connectivity index (χ0v) is 10.6. The number of carbonyl (C=O) groups is 2. The van der Waals surface area contributed by atoms with Gasteiger partial charge >= 0.3 is 0 Å². The summed E-state index contributed by atoms with van der Waals surface area (Å²) in [6, 6.07) is 9.74. The van der Waals surface area contributed by atoms with Crippen LogP contribution in [0.1, 0.15) is 37.4 Å². The lowest BCUT2D eigenvalue weighted by molar-refractivity contribution is -0.255. The molecular weight excluding hydrogens is 248 g/mol. The molecule has 0 fully saturated rings. The van der Waals surface area contributed by atoms with Crippen molar-refractivity contribution in [3.8, 4) is 0 Å². The van der Waals surface area contributed by atoms with E-state index in [0.29, 0.717) is 4.88 Å². The Morgan fingerprint density at radius 3 is 2.33 bits per heavy atom. The van der Waals surface area contributed by atoms with Crippen LogP contribution in [-0.4, -0.2) is 11.8 Å². The van der Waals surface area contributed by atoms with Gasteiger partial charge in [0.15, 0.2) is 0 Å². The molecule has 0 N–H and O–H groups in total. The number of hydrogen-bond acceptors (Lipinski definition) is 4. The highest BCUT2D eigenvalue weighted by molar-refractivity contribution is 7.14. The molecule has 0 saturated carbocycles. The quantitative estimate of drug-likeness (QED) is 0.788. The number of carbonyl (C=O) groups excluding carboxylic acids is 2. The molecule has 0 aliphatic heterocycles. The topological polar surface area (TPSA) is 57.2 Å². The van der Waals surface area contributed by atoms with E-state index < -0.39 is 5.97 Å². The molecule has 1 heterocycles. The molecule has 0 saturated heterocycles. The van der Waals surface area contributed by atoms with Crippen LogP contribution in [0.3, 0.4) is 0 Å². The number of rotatable bonds is 4.